The van der Waals surface area contributed by atoms with Crippen molar-refractivity contribution in [3.63, 3.8) is 0 Å². The summed E-state index contributed by atoms with van der Waals surface area (Å²) in [4.78, 5) is 11.0. The van der Waals surface area contributed by atoms with Crippen molar-refractivity contribution in [3.05, 3.63) is 0 Å². The Balaban J connectivity index is 2.97. The summed E-state index contributed by atoms with van der Waals surface area (Å²) in [5.74, 6) is -3.51. The molecule has 0 bridgehead atoms. The van der Waals surface area contributed by atoms with Gasteiger partial charge in [0.2, 0.25) is 0 Å². The second-order valence-electron chi connectivity index (χ2n) is 3.52. The third-order valence-corrected chi connectivity index (χ3v) is 2.47. The van der Waals surface area contributed by atoms with E-state index < -0.39 is 42.6 Å². The average molecular weight is 222 g/mol. The van der Waals surface area contributed by atoms with Gasteiger partial charge in [0.15, 0.2) is 5.78 Å². The van der Waals surface area contributed by atoms with Crippen molar-refractivity contribution in [1.29, 1.82) is 0 Å². The Kier molecular flexibility index (Phi) is 3.44. The Bertz CT molecular complexity index is 253. The quantitative estimate of drug-likeness (QED) is 0.332. The molecule has 0 unspecified atom stereocenters. The van der Waals surface area contributed by atoms with E-state index in [1.807, 2.05) is 0 Å². The van der Waals surface area contributed by atoms with Crippen LogP contribution in [-0.4, -0.2) is 68.1 Å². The lowest BCUT2D eigenvalue weighted by molar-refractivity contribution is -0.330. The summed E-state index contributed by atoms with van der Waals surface area (Å²) in [6.07, 6.45) is -6.60. The largest absolute Gasteiger partial charge is 0.394 e. The number of rotatable bonds is 2. The molecule has 7 heteroatoms. The first-order valence-electron chi connectivity index (χ1n) is 4.41. The lowest BCUT2D eigenvalue weighted by Crippen LogP contribution is -2.67. The highest BCUT2D eigenvalue weighted by molar-refractivity contribution is 5.84. The van der Waals surface area contributed by atoms with Gasteiger partial charge < -0.3 is 30.3 Å². The molecule has 0 aromatic heterocycles. The van der Waals surface area contributed by atoms with Crippen LogP contribution in [0.25, 0.3) is 0 Å². The maximum atomic E-state index is 11.0. The second-order valence-corrected chi connectivity index (χ2v) is 3.52. The van der Waals surface area contributed by atoms with Crippen molar-refractivity contribution in [1.82, 2.24) is 0 Å². The van der Waals surface area contributed by atoms with Gasteiger partial charge in [0.25, 0.3) is 5.79 Å². The standard InChI is InChI=1S/C8H14O7/c1-3(10)8(14)7(13)6(12)5(11)4(2-9)15-8/h4-7,9,11-14H,2H2,1H3/t4-,5-,6+,7+,8+/m1/s1. The Hall–Kier alpha value is -0.570. The van der Waals surface area contributed by atoms with Crippen LogP contribution in [0, 0.1) is 0 Å². The summed E-state index contributed by atoms with van der Waals surface area (Å²) in [7, 11) is 0. The third kappa shape index (κ3) is 1.89. The Morgan fingerprint density at radius 3 is 2.27 bits per heavy atom. The maximum Gasteiger partial charge on any atom is 0.256 e. The SMILES string of the molecule is CC(=O)[C@]1(O)O[C@H](CO)[C@@H](O)[C@H](O)[C@@H]1O. The fraction of sp³-hybridized carbons (Fsp3) is 0.875. The minimum atomic E-state index is -2.59. The molecule has 88 valence electrons. The summed E-state index contributed by atoms with van der Waals surface area (Å²) < 4.78 is 4.68. The predicted octanol–water partition coefficient (Wildman–Crippen LogP) is -3.26. The lowest BCUT2D eigenvalue weighted by atomic mass is 9.90. The number of ketones is 1. The van der Waals surface area contributed by atoms with Gasteiger partial charge in [-0.1, -0.05) is 0 Å². The molecule has 1 aliphatic heterocycles. The normalized spacial score (nSPS) is 46.5. The summed E-state index contributed by atoms with van der Waals surface area (Å²) in [6.45, 7) is 0.266. The van der Waals surface area contributed by atoms with E-state index in [9.17, 15) is 25.2 Å². The minimum absolute atomic E-state index is 0.694. The fourth-order valence-electron chi connectivity index (χ4n) is 1.44. The Morgan fingerprint density at radius 2 is 1.87 bits per heavy atom. The number of aliphatic hydroxyl groups is 5. The first-order valence-corrected chi connectivity index (χ1v) is 4.41. The van der Waals surface area contributed by atoms with Crippen molar-refractivity contribution >= 4 is 5.78 Å². The zero-order valence-electron chi connectivity index (χ0n) is 8.07. The molecule has 0 saturated carbocycles. The molecule has 7 nitrogen and oxygen atoms in total. The highest BCUT2D eigenvalue weighted by atomic mass is 16.7. The number of hydrogen-bond acceptors (Lipinski definition) is 7. The number of carbonyl (C=O) groups excluding carboxylic acids is 1. The summed E-state index contributed by atoms with van der Waals surface area (Å²) in [5.41, 5.74) is 0. The molecule has 1 fully saturated rings. The molecule has 0 aliphatic carbocycles. The molecular formula is C8H14O7. The Labute approximate surface area is 85.5 Å². The van der Waals surface area contributed by atoms with Crippen LogP contribution in [0.15, 0.2) is 0 Å². The van der Waals surface area contributed by atoms with Crippen LogP contribution in [0.1, 0.15) is 6.92 Å². The minimum Gasteiger partial charge on any atom is -0.394 e. The molecule has 1 heterocycles. The molecule has 0 aromatic rings. The molecule has 0 amide bonds. The van der Waals surface area contributed by atoms with E-state index in [4.69, 9.17) is 5.11 Å². The van der Waals surface area contributed by atoms with Crippen molar-refractivity contribution in [2.75, 3.05) is 6.61 Å². The van der Waals surface area contributed by atoms with Crippen LogP contribution in [0.3, 0.4) is 0 Å². The van der Waals surface area contributed by atoms with E-state index in [0.29, 0.717) is 0 Å². The molecule has 5 atom stereocenters. The molecule has 1 rings (SSSR count). The van der Waals surface area contributed by atoms with E-state index in [-0.39, 0.29) is 0 Å². The molecule has 0 spiro atoms. The topological polar surface area (TPSA) is 127 Å². The average Bonchev–Trinajstić information content (AvgIpc) is 2.20. The van der Waals surface area contributed by atoms with Crippen LogP contribution in [-0.2, 0) is 9.53 Å². The molecule has 5 N–H and O–H groups in total. The van der Waals surface area contributed by atoms with Crippen LogP contribution in [0.4, 0.5) is 0 Å². The van der Waals surface area contributed by atoms with Gasteiger partial charge in [-0.25, -0.2) is 0 Å². The van der Waals surface area contributed by atoms with Gasteiger partial charge in [-0.15, -0.1) is 0 Å². The van der Waals surface area contributed by atoms with Gasteiger partial charge in [0.05, 0.1) is 6.61 Å². The van der Waals surface area contributed by atoms with E-state index in [2.05, 4.69) is 4.74 Å². The molecule has 15 heavy (non-hydrogen) atoms. The highest BCUT2D eigenvalue weighted by Crippen LogP contribution is 2.28. The number of hydrogen-bond donors (Lipinski definition) is 5. The number of aliphatic hydroxyl groups excluding tert-OH is 4. The smallest absolute Gasteiger partial charge is 0.256 e. The molecular weight excluding hydrogens is 208 g/mol. The van der Waals surface area contributed by atoms with E-state index in [0.717, 1.165) is 6.92 Å². The zero-order valence-corrected chi connectivity index (χ0v) is 8.07. The second kappa shape index (κ2) is 4.12. The maximum absolute atomic E-state index is 11.0. The van der Waals surface area contributed by atoms with Gasteiger partial charge in [0, 0.05) is 6.92 Å². The highest BCUT2D eigenvalue weighted by Gasteiger charge is 2.55. The van der Waals surface area contributed by atoms with Gasteiger partial charge >= 0.3 is 0 Å². The first-order chi connectivity index (χ1) is 6.84. The van der Waals surface area contributed by atoms with Crippen LogP contribution in [0.5, 0.6) is 0 Å². The number of carbonyl (C=O) groups is 1. The third-order valence-electron chi connectivity index (χ3n) is 2.47. The zero-order chi connectivity index (χ0) is 11.8. The van der Waals surface area contributed by atoms with Gasteiger partial charge in [-0.05, 0) is 0 Å². The lowest BCUT2D eigenvalue weighted by Gasteiger charge is -2.43. The van der Waals surface area contributed by atoms with E-state index >= 15 is 0 Å². The predicted molar refractivity (Wildman–Crippen MR) is 45.6 cm³/mol. The van der Waals surface area contributed by atoms with Crippen LogP contribution < -0.4 is 0 Å². The summed E-state index contributed by atoms with van der Waals surface area (Å²) in [6, 6.07) is 0. The number of Topliss-reactive ketones (excluding diaryl/α,β-unsaturated/α-hetero) is 1. The Morgan fingerprint density at radius 1 is 1.33 bits per heavy atom. The van der Waals surface area contributed by atoms with Crippen LogP contribution >= 0.6 is 0 Å². The van der Waals surface area contributed by atoms with Gasteiger partial charge in [-0.2, -0.15) is 0 Å². The molecule has 1 saturated heterocycles. The van der Waals surface area contributed by atoms with Crippen LogP contribution in [0.2, 0.25) is 0 Å². The fourth-order valence-corrected chi connectivity index (χ4v) is 1.44. The summed E-state index contributed by atoms with van der Waals surface area (Å²) >= 11 is 0. The van der Waals surface area contributed by atoms with Crippen molar-refractivity contribution in [2.24, 2.45) is 0 Å². The van der Waals surface area contributed by atoms with Crippen molar-refractivity contribution in [2.45, 2.75) is 37.1 Å². The van der Waals surface area contributed by atoms with Gasteiger partial charge in [0.1, 0.15) is 24.4 Å². The summed E-state index contributed by atoms with van der Waals surface area (Å²) in [5, 5.41) is 46.4. The van der Waals surface area contributed by atoms with Gasteiger partial charge in [-0.3, -0.25) is 4.79 Å². The molecule has 0 aromatic carbocycles. The number of ether oxygens (including phenoxy) is 1. The van der Waals surface area contributed by atoms with Crippen molar-refractivity contribution in [3.8, 4) is 0 Å². The van der Waals surface area contributed by atoms with E-state index in [1.54, 1.807) is 0 Å². The first kappa shape index (κ1) is 12.5. The monoisotopic (exact) mass is 222 g/mol. The van der Waals surface area contributed by atoms with E-state index in [1.165, 1.54) is 0 Å². The van der Waals surface area contributed by atoms with Crippen molar-refractivity contribution < 1.29 is 35.1 Å². The molecule has 0 radical (unpaired) electrons. The molecule has 1 aliphatic rings.